The number of anilines is 1. The van der Waals surface area contributed by atoms with Gasteiger partial charge in [-0.2, -0.15) is 0 Å². The van der Waals surface area contributed by atoms with Crippen LogP contribution in [-0.2, 0) is 4.79 Å². The number of carbonyl (C=O) groups is 1. The van der Waals surface area contributed by atoms with Crippen molar-refractivity contribution in [2.45, 2.75) is 38.7 Å². The van der Waals surface area contributed by atoms with E-state index in [1.807, 2.05) is 12.1 Å². The third kappa shape index (κ3) is 3.07. The van der Waals surface area contributed by atoms with Gasteiger partial charge in [-0.05, 0) is 43.9 Å². The Hall–Kier alpha value is -1.55. The smallest absolute Gasteiger partial charge is 0.306 e. The van der Waals surface area contributed by atoms with Crippen molar-refractivity contribution in [2.24, 2.45) is 0 Å². The number of carboxylic acids is 1. The van der Waals surface area contributed by atoms with Crippen LogP contribution in [0.5, 0.6) is 0 Å². The fourth-order valence-electron chi connectivity index (χ4n) is 2.82. The normalized spacial score (nSPS) is 23.4. The van der Waals surface area contributed by atoms with Crippen LogP contribution in [0.4, 0.5) is 5.69 Å². The van der Waals surface area contributed by atoms with Gasteiger partial charge in [-0.3, -0.25) is 4.79 Å². The standard InChI is InChI=1S/C15H21NO3/c1-11-5-3-6-13(12(11)2)16-8-4-7-15(19,10-16)9-14(17)18/h3,5-6,19H,4,7-10H2,1-2H3,(H,17,18). The highest BCUT2D eigenvalue weighted by atomic mass is 16.4. The van der Waals surface area contributed by atoms with Gasteiger partial charge >= 0.3 is 5.97 Å². The Morgan fingerprint density at radius 2 is 2.16 bits per heavy atom. The molecule has 1 unspecified atom stereocenters. The molecule has 0 aromatic heterocycles. The molecule has 1 saturated heterocycles. The Morgan fingerprint density at radius 1 is 1.42 bits per heavy atom. The number of piperidine rings is 1. The molecule has 1 aromatic carbocycles. The molecule has 0 radical (unpaired) electrons. The largest absolute Gasteiger partial charge is 0.481 e. The predicted molar refractivity (Wildman–Crippen MR) is 74.6 cm³/mol. The lowest BCUT2D eigenvalue weighted by Gasteiger charge is -2.40. The molecule has 0 amide bonds. The van der Waals surface area contributed by atoms with E-state index < -0.39 is 11.6 Å². The van der Waals surface area contributed by atoms with Crippen molar-refractivity contribution in [3.8, 4) is 0 Å². The van der Waals surface area contributed by atoms with Gasteiger partial charge < -0.3 is 15.1 Å². The molecule has 104 valence electrons. The highest BCUT2D eigenvalue weighted by Gasteiger charge is 2.35. The fraction of sp³-hybridized carbons (Fsp3) is 0.533. The van der Waals surface area contributed by atoms with Crippen LogP contribution in [0, 0.1) is 13.8 Å². The Morgan fingerprint density at radius 3 is 2.84 bits per heavy atom. The van der Waals surface area contributed by atoms with Gasteiger partial charge in [0.25, 0.3) is 0 Å². The second kappa shape index (κ2) is 5.21. The summed E-state index contributed by atoms with van der Waals surface area (Å²) in [4.78, 5) is 13.0. The van der Waals surface area contributed by atoms with Crippen molar-refractivity contribution >= 4 is 11.7 Å². The molecule has 1 atom stereocenters. The van der Waals surface area contributed by atoms with Crippen molar-refractivity contribution in [2.75, 3.05) is 18.0 Å². The molecule has 19 heavy (non-hydrogen) atoms. The molecule has 2 rings (SSSR count). The molecule has 4 nitrogen and oxygen atoms in total. The summed E-state index contributed by atoms with van der Waals surface area (Å²) < 4.78 is 0. The van der Waals surface area contributed by atoms with Crippen LogP contribution < -0.4 is 4.90 Å². The van der Waals surface area contributed by atoms with Crippen molar-refractivity contribution in [1.29, 1.82) is 0 Å². The maximum Gasteiger partial charge on any atom is 0.306 e. The summed E-state index contributed by atoms with van der Waals surface area (Å²) >= 11 is 0. The third-order valence-corrected chi connectivity index (χ3v) is 3.95. The Kier molecular flexibility index (Phi) is 3.80. The van der Waals surface area contributed by atoms with E-state index >= 15 is 0 Å². The number of benzene rings is 1. The molecule has 0 saturated carbocycles. The van der Waals surface area contributed by atoms with E-state index in [2.05, 4.69) is 24.8 Å². The van der Waals surface area contributed by atoms with Gasteiger partial charge in [0.15, 0.2) is 0 Å². The zero-order valence-electron chi connectivity index (χ0n) is 11.5. The third-order valence-electron chi connectivity index (χ3n) is 3.95. The van der Waals surface area contributed by atoms with Crippen molar-refractivity contribution < 1.29 is 15.0 Å². The van der Waals surface area contributed by atoms with Crippen LogP contribution in [0.15, 0.2) is 18.2 Å². The number of hydrogen-bond donors (Lipinski definition) is 2. The zero-order chi connectivity index (χ0) is 14.0. The average Bonchev–Trinajstić information content (AvgIpc) is 2.31. The topological polar surface area (TPSA) is 60.8 Å². The van der Waals surface area contributed by atoms with Crippen molar-refractivity contribution in [3.63, 3.8) is 0 Å². The van der Waals surface area contributed by atoms with Gasteiger partial charge in [-0.25, -0.2) is 0 Å². The number of nitrogens with zero attached hydrogens (tertiary/aromatic N) is 1. The molecular formula is C15H21NO3. The molecule has 1 aliphatic heterocycles. The summed E-state index contributed by atoms with van der Waals surface area (Å²) in [6.07, 6.45) is 1.19. The van der Waals surface area contributed by atoms with Crippen LogP contribution in [0.25, 0.3) is 0 Å². The monoisotopic (exact) mass is 263 g/mol. The molecular weight excluding hydrogens is 242 g/mol. The van der Waals surface area contributed by atoms with Gasteiger partial charge in [0, 0.05) is 18.8 Å². The summed E-state index contributed by atoms with van der Waals surface area (Å²) in [6.45, 7) is 5.39. The second-order valence-electron chi connectivity index (χ2n) is 5.54. The maximum atomic E-state index is 10.9. The lowest BCUT2D eigenvalue weighted by atomic mass is 9.89. The van der Waals surface area contributed by atoms with E-state index in [9.17, 15) is 9.90 Å². The van der Waals surface area contributed by atoms with Gasteiger partial charge in [0.05, 0.1) is 12.0 Å². The zero-order valence-corrected chi connectivity index (χ0v) is 11.5. The first-order valence-electron chi connectivity index (χ1n) is 6.67. The summed E-state index contributed by atoms with van der Waals surface area (Å²) in [7, 11) is 0. The number of hydrogen-bond acceptors (Lipinski definition) is 3. The van der Waals surface area contributed by atoms with Crippen LogP contribution in [0.3, 0.4) is 0 Å². The highest BCUT2D eigenvalue weighted by Crippen LogP contribution is 2.31. The van der Waals surface area contributed by atoms with Crippen molar-refractivity contribution in [1.82, 2.24) is 0 Å². The molecule has 1 aromatic rings. The van der Waals surface area contributed by atoms with Gasteiger partial charge in [0.2, 0.25) is 0 Å². The minimum atomic E-state index is -1.11. The minimum Gasteiger partial charge on any atom is -0.481 e. The molecule has 0 aliphatic carbocycles. The quantitative estimate of drug-likeness (QED) is 0.877. The van der Waals surface area contributed by atoms with E-state index in [1.54, 1.807) is 0 Å². The number of aryl methyl sites for hydroxylation is 1. The van der Waals surface area contributed by atoms with Crippen LogP contribution in [0.1, 0.15) is 30.4 Å². The van der Waals surface area contributed by atoms with Gasteiger partial charge in [-0.1, -0.05) is 12.1 Å². The second-order valence-corrected chi connectivity index (χ2v) is 5.54. The lowest BCUT2D eigenvalue weighted by Crippen LogP contribution is -2.49. The summed E-state index contributed by atoms with van der Waals surface area (Å²) in [5.74, 6) is -0.940. The van der Waals surface area contributed by atoms with Gasteiger partial charge in [0.1, 0.15) is 0 Å². The number of carboxylic acid groups (broad SMARTS) is 1. The maximum absolute atomic E-state index is 10.9. The van der Waals surface area contributed by atoms with Crippen LogP contribution in [0.2, 0.25) is 0 Å². The van der Waals surface area contributed by atoms with E-state index in [0.717, 1.165) is 18.7 Å². The highest BCUT2D eigenvalue weighted by molar-refractivity contribution is 5.68. The SMILES string of the molecule is Cc1cccc(N2CCCC(O)(CC(=O)O)C2)c1C. The first-order chi connectivity index (χ1) is 8.91. The fourth-order valence-corrected chi connectivity index (χ4v) is 2.82. The van der Waals surface area contributed by atoms with E-state index in [-0.39, 0.29) is 6.42 Å². The molecule has 1 aliphatic rings. The van der Waals surface area contributed by atoms with Gasteiger partial charge in [-0.15, -0.1) is 0 Å². The number of β-amino-alcohol motifs (C(OH)–C–C–N with tert-alkyl or cyclic N) is 1. The number of rotatable bonds is 3. The first kappa shape index (κ1) is 13.9. The Balaban J connectivity index is 2.21. The van der Waals surface area contributed by atoms with E-state index in [4.69, 9.17) is 5.11 Å². The average molecular weight is 263 g/mol. The molecule has 2 N–H and O–H groups in total. The molecule has 0 spiro atoms. The molecule has 4 heteroatoms. The Bertz CT molecular complexity index is 486. The van der Waals surface area contributed by atoms with Crippen molar-refractivity contribution in [3.05, 3.63) is 29.3 Å². The van der Waals surface area contributed by atoms with Crippen LogP contribution in [-0.4, -0.2) is 34.9 Å². The number of aliphatic carboxylic acids is 1. The summed E-state index contributed by atoms with van der Waals surface area (Å²) in [5.41, 5.74) is 2.40. The first-order valence-corrected chi connectivity index (χ1v) is 6.67. The van der Waals surface area contributed by atoms with Crippen LogP contribution >= 0.6 is 0 Å². The summed E-state index contributed by atoms with van der Waals surface area (Å²) in [5, 5.41) is 19.3. The number of aliphatic hydroxyl groups is 1. The molecule has 0 bridgehead atoms. The lowest BCUT2D eigenvalue weighted by molar-refractivity contribution is -0.142. The minimum absolute atomic E-state index is 0.186. The molecule has 1 heterocycles. The van der Waals surface area contributed by atoms with E-state index in [0.29, 0.717) is 13.0 Å². The van der Waals surface area contributed by atoms with E-state index in [1.165, 1.54) is 11.1 Å². The predicted octanol–water partition coefficient (Wildman–Crippen LogP) is 2.11. The molecule has 1 fully saturated rings. The Labute approximate surface area is 113 Å². The summed E-state index contributed by atoms with van der Waals surface area (Å²) in [6, 6.07) is 6.10.